The van der Waals surface area contributed by atoms with Gasteiger partial charge in [-0.05, 0) is 47.8 Å². The highest BCUT2D eigenvalue weighted by Crippen LogP contribution is 2.37. The molecular weight excluding hydrogens is 518 g/mol. The molecule has 0 radical (unpaired) electrons. The molecule has 3 aromatic carbocycles. The average molecular weight is 562 g/mol. The van der Waals surface area contributed by atoms with Crippen LogP contribution in [0.25, 0.3) is 0 Å². The van der Waals surface area contributed by atoms with Gasteiger partial charge in [0, 0.05) is 38.9 Å². The molecule has 7 nitrogen and oxygen atoms in total. The number of unbranched alkanes of at least 4 members (excludes halogenated alkanes) is 2. The Morgan fingerprint density at radius 1 is 0.825 bits per heavy atom. The second-order valence-corrected chi connectivity index (χ2v) is 15.9. The molecule has 0 unspecified atom stereocenters. The number of hydrogen-bond donors (Lipinski definition) is 0. The van der Waals surface area contributed by atoms with E-state index >= 15 is 0 Å². The lowest BCUT2D eigenvalue weighted by atomic mass is 10.2. The number of hydrogen-bond acceptors (Lipinski definition) is 6. The SMILES string of the molecule is CN1CCN(c2ccc([N+](=O)[O-])cc2OCCCCCO[Si](c2ccccc2)(c2ccccc2)C(C)(C)C)CC1. The van der Waals surface area contributed by atoms with Crippen LogP contribution in [0.4, 0.5) is 11.4 Å². The van der Waals surface area contributed by atoms with Crippen LogP contribution in [-0.2, 0) is 4.43 Å². The number of likely N-dealkylation sites (N-methyl/N-ethyl adjacent to an activating group) is 1. The van der Waals surface area contributed by atoms with Crippen LogP contribution in [0.3, 0.4) is 0 Å². The number of piperazine rings is 1. The Kier molecular flexibility index (Phi) is 10.0. The summed E-state index contributed by atoms with van der Waals surface area (Å²) in [7, 11) is -0.410. The average Bonchev–Trinajstić information content (AvgIpc) is 2.95. The van der Waals surface area contributed by atoms with E-state index < -0.39 is 8.32 Å². The van der Waals surface area contributed by atoms with E-state index in [2.05, 4.69) is 98.3 Å². The van der Waals surface area contributed by atoms with E-state index in [1.54, 1.807) is 12.1 Å². The summed E-state index contributed by atoms with van der Waals surface area (Å²) in [5.41, 5.74) is 1.00. The summed E-state index contributed by atoms with van der Waals surface area (Å²) < 4.78 is 13.1. The van der Waals surface area contributed by atoms with Gasteiger partial charge in [0.1, 0.15) is 5.75 Å². The highest BCUT2D eigenvalue weighted by atomic mass is 28.4. The first-order valence-corrected chi connectivity index (χ1v) is 16.2. The van der Waals surface area contributed by atoms with Gasteiger partial charge in [-0.25, -0.2) is 0 Å². The van der Waals surface area contributed by atoms with Gasteiger partial charge in [-0.15, -0.1) is 0 Å². The third-order valence-electron chi connectivity index (χ3n) is 7.78. The smallest absolute Gasteiger partial charge is 0.273 e. The van der Waals surface area contributed by atoms with Crippen LogP contribution < -0.4 is 20.0 Å². The Hall–Kier alpha value is -3.20. The van der Waals surface area contributed by atoms with Crippen LogP contribution in [0.15, 0.2) is 78.9 Å². The van der Waals surface area contributed by atoms with E-state index in [-0.39, 0.29) is 15.6 Å². The van der Waals surface area contributed by atoms with Gasteiger partial charge < -0.3 is 19.0 Å². The Bertz CT molecular complexity index is 1190. The Balaban J connectivity index is 1.37. The summed E-state index contributed by atoms with van der Waals surface area (Å²) in [6.07, 6.45) is 2.74. The highest BCUT2D eigenvalue weighted by Gasteiger charge is 2.49. The number of nitro benzene ring substituents is 1. The fraction of sp³-hybridized carbons (Fsp3) is 0.438. The number of ether oxygens (including phenoxy) is 1. The molecule has 0 saturated carbocycles. The Labute approximate surface area is 240 Å². The van der Waals surface area contributed by atoms with E-state index in [1.807, 2.05) is 6.07 Å². The molecule has 0 aliphatic carbocycles. The van der Waals surface area contributed by atoms with Crippen molar-refractivity contribution in [2.24, 2.45) is 0 Å². The molecule has 3 aromatic rings. The summed E-state index contributed by atoms with van der Waals surface area (Å²) in [6, 6.07) is 26.4. The van der Waals surface area contributed by atoms with Crippen molar-refractivity contribution in [1.82, 2.24) is 4.90 Å². The van der Waals surface area contributed by atoms with E-state index in [0.717, 1.165) is 51.1 Å². The zero-order valence-electron chi connectivity index (χ0n) is 24.3. The second-order valence-electron chi connectivity index (χ2n) is 11.6. The maximum absolute atomic E-state index is 11.4. The molecular formula is C32H43N3O4Si. The maximum Gasteiger partial charge on any atom is 0.273 e. The summed E-state index contributed by atoms with van der Waals surface area (Å²) >= 11 is 0. The number of rotatable bonds is 12. The molecule has 1 saturated heterocycles. The van der Waals surface area contributed by atoms with E-state index in [4.69, 9.17) is 9.16 Å². The number of non-ortho nitro benzene ring substituents is 1. The fourth-order valence-electron chi connectivity index (χ4n) is 5.59. The molecule has 4 rings (SSSR count). The van der Waals surface area contributed by atoms with Gasteiger partial charge in [0.05, 0.1) is 23.3 Å². The van der Waals surface area contributed by atoms with E-state index in [0.29, 0.717) is 19.0 Å². The van der Waals surface area contributed by atoms with Crippen molar-refractivity contribution >= 4 is 30.1 Å². The van der Waals surface area contributed by atoms with Crippen LogP contribution in [-0.4, -0.2) is 64.6 Å². The molecule has 214 valence electrons. The molecule has 8 heteroatoms. The van der Waals surface area contributed by atoms with Crippen molar-refractivity contribution in [2.45, 2.75) is 45.1 Å². The van der Waals surface area contributed by atoms with Gasteiger partial charge >= 0.3 is 0 Å². The van der Waals surface area contributed by atoms with Crippen molar-refractivity contribution in [3.8, 4) is 5.75 Å². The Morgan fingerprint density at radius 3 is 1.95 bits per heavy atom. The largest absolute Gasteiger partial charge is 0.491 e. The molecule has 1 heterocycles. The first-order chi connectivity index (χ1) is 19.2. The molecule has 40 heavy (non-hydrogen) atoms. The Morgan fingerprint density at radius 2 is 1.40 bits per heavy atom. The van der Waals surface area contributed by atoms with Crippen molar-refractivity contribution in [3.05, 3.63) is 89.0 Å². The molecule has 0 bridgehead atoms. The lowest BCUT2D eigenvalue weighted by Crippen LogP contribution is -2.66. The lowest BCUT2D eigenvalue weighted by molar-refractivity contribution is -0.384. The number of nitrogens with zero attached hydrogens (tertiary/aromatic N) is 3. The van der Waals surface area contributed by atoms with Gasteiger partial charge in [-0.2, -0.15) is 0 Å². The molecule has 1 aliphatic rings. The van der Waals surface area contributed by atoms with Crippen molar-refractivity contribution < 1.29 is 14.1 Å². The molecule has 0 N–H and O–H groups in total. The fourth-order valence-corrected chi connectivity index (χ4v) is 10.2. The molecule has 0 aromatic heterocycles. The summed E-state index contributed by atoms with van der Waals surface area (Å²) in [6.45, 7) is 11.8. The lowest BCUT2D eigenvalue weighted by Gasteiger charge is -2.43. The van der Waals surface area contributed by atoms with Crippen molar-refractivity contribution in [1.29, 1.82) is 0 Å². The van der Waals surface area contributed by atoms with Crippen LogP contribution >= 0.6 is 0 Å². The zero-order chi connectivity index (χ0) is 28.6. The van der Waals surface area contributed by atoms with Gasteiger partial charge in [0.25, 0.3) is 14.0 Å². The number of benzene rings is 3. The van der Waals surface area contributed by atoms with E-state index in [9.17, 15) is 10.1 Å². The van der Waals surface area contributed by atoms with Crippen LogP contribution in [0, 0.1) is 10.1 Å². The molecule has 0 atom stereocenters. The third-order valence-corrected chi connectivity index (χ3v) is 12.8. The number of anilines is 1. The summed E-state index contributed by atoms with van der Waals surface area (Å²) in [5.74, 6) is 0.599. The minimum Gasteiger partial charge on any atom is -0.491 e. The molecule has 1 aliphatic heterocycles. The first-order valence-electron chi connectivity index (χ1n) is 14.3. The quantitative estimate of drug-likeness (QED) is 0.126. The maximum atomic E-state index is 11.4. The molecule has 0 amide bonds. The van der Waals surface area contributed by atoms with Gasteiger partial charge in [0.2, 0.25) is 0 Å². The van der Waals surface area contributed by atoms with Gasteiger partial charge in [-0.3, -0.25) is 10.1 Å². The van der Waals surface area contributed by atoms with Gasteiger partial charge in [0.15, 0.2) is 0 Å². The van der Waals surface area contributed by atoms with Crippen LogP contribution in [0.5, 0.6) is 5.75 Å². The molecule has 0 spiro atoms. The predicted molar refractivity (Wildman–Crippen MR) is 166 cm³/mol. The first kappa shape index (κ1) is 29.8. The minimum absolute atomic E-state index is 0.0412. The minimum atomic E-state index is -2.52. The van der Waals surface area contributed by atoms with Crippen molar-refractivity contribution in [3.63, 3.8) is 0 Å². The summed E-state index contributed by atoms with van der Waals surface area (Å²) in [4.78, 5) is 15.6. The van der Waals surface area contributed by atoms with E-state index in [1.165, 1.54) is 10.4 Å². The topological polar surface area (TPSA) is 68.1 Å². The highest BCUT2D eigenvalue weighted by molar-refractivity contribution is 6.99. The third kappa shape index (κ3) is 6.92. The van der Waals surface area contributed by atoms with Crippen LogP contribution in [0.1, 0.15) is 40.0 Å². The summed E-state index contributed by atoms with van der Waals surface area (Å²) in [5, 5.41) is 13.9. The predicted octanol–water partition coefficient (Wildman–Crippen LogP) is 5.47. The van der Waals surface area contributed by atoms with Crippen molar-refractivity contribution in [2.75, 3.05) is 51.3 Å². The van der Waals surface area contributed by atoms with Gasteiger partial charge in [-0.1, -0.05) is 81.4 Å². The standard InChI is InChI=1S/C32H43N3O4Si/c1-32(2,3)40(28-14-8-5-9-15-28,29-16-10-6-11-17-29)39-25-13-7-12-24-38-31-26-27(35(36)37)18-19-30(31)34-22-20-33(4)21-23-34/h5-6,8-11,14-19,26H,7,12-13,20-25H2,1-4H3. The second kappa shape index (κ2) is 13.4. The number of nitro groups is 1. The normalized spacial score (nSPS) is 14.8. The molecule has 1 fully saturated rings. The van der Waals surface area contributed by atoms with Crippen LogP contribution in [0.2, 0.25) is 5.04 Å². The monoisotopic (exact) mass is 561 g/mol. The zero-order valence-corrected chi connectivity index (χ0v) is 25.3.